The monoisotopic (exact) mass is 361 g/mol. The van der Waals surface area contributed by atoms with Gasteiger partial charge in [0, 0.05) is 14.1 Å². The van der Waals surface area contributed by atoms with Gasteiger partial charge < -0.3 is 5.32 Å². The molecule has 1 atom stereocenters. The van der Waals surface area contributed by atoms with Gasteiger partial charge in [-0.15, -0.1) is 11.3 Å². The normalized spacial score (nSPS) is 12.4. The second-order valence-corrected chi connectivity index (χ2v) is 5.89. The van der Waals surface area contributed by atoms with E-state index in [1.54, 1.807) is 23.5 Å². The Kier molecular flexibility index (Phi) is 4.39. The summed E-state index contributed by atoms with van der Waals surface area (Å²) in [5.74, 6) is -0.191. The average molecular weight is 361 g/mol. The van der Waals surface area contributed by atoms with Gasteiger partial charge in [-0.3, -0.25) is 0 Å². The summed E-state index contributed by atoms with van der Waals surface area (Å²) in [7, 11) is 0. The molecule has 0 spiro atoms. The van der Waals surface area contributed by atoms with Gasteiger partial charge in [-0.1, -0.05) is 13.0 Å². The van der Waals surface area contributed by atoms with Gasteiger partial charge in [0.05, 0.1) is 6.04 Å². The van der Waals surface area contributed by atoms with Crippen LogP contribution in [0.25, 0.3) is 0 Å². The van der Waals surface area contributed by atoms with Crippen molar-refractivity contribution in [1.82, 2.24) is 0 Å². The lowest BCUT2D eigenvalue weighted by Crippen LogP contribution is -2.09. The molecule has 1 N–H and O–H groups in total. The quantitative estimate of drug-likeness (QED) is 0.751. The average Bonchev–Trinajstić information content (AvgIpc) is 2.81. The van der Waals surface area contributed by atoms with Gasteiger partial charge in [0.1, 0.15) is 5.82 Å². The maximum Gasteiger partial charge on any atom is 0.124 e. The van der Waals surface area contributed by atoms with Crippen LogP contribution in [0.15, 0.2) is 35.7 Å². The fourth-order valence-corrected chi connectivity index (χ4v) is 3.15. The van der Waals surface area contributed by atoms with Crippen molar-refractivity contribution in [2.75, 3.05) is 5.32 Å². The van der Waals surface area contributed by atoms with Crippen LogP contribution in [0.2, 0.25) is 0 Å². The summed E-state index contributed by atoms with van der Waals surface area (Å²) in [6.07, 6.45) is 1.01. The number of hydrogen-bond acceptors (Lipinski definition) is 2. The molecule has 0 fully saturated rings. The van der Waals surface area contributed by atoms with E-state index in [4.69, 9.17) is 0 Å². The molecule has 1 aromatic heterocycles. The molecular weight excluding hydrogens is 348 g/mol. The van der Waals surface area contributed by atoms with Crippen LogP contribution >= 0.6 is 33.9 Å². The van der Waals surface area contributed by atoms with Gasteiger partial charge >= 0.3 is 0 Å². The van der Waals surface area contributed by atoms with Crippen molar-refractivity contribution in [1.29, 1.82) is 0 Å². The Balaban J connectivity index is 2.19. The Labute approximate surface area is 118 Å². The van der Waals surface area contributed by atoms with Crippen LogP contribution in [0.4, 0.5) is 10.1 Å². The number of benzene rings is 1. The van der Waals surface area contributed by atoms with Crippen LogP contribution in [-0.2, 0) is 0 Å². The second kappa shape index (κ2) is 5.82. The maximum atomic E-state index is 13.0. The van der Waals surface area contributed by atoms with Gasteiger partial charge in [0.2, 0.25) is 0 Å². The first-order chi connectivity index (χ1) is 8.20. The van der Waals surface area contributed by atoms with E-state index in [0.29, 0.717) is 6.04 Å². The third-order valence-electron chi connectivity index (χ3n) is 2.56. The minimum atomic E-state index is -0.191. The van der Waals surface area contributed by atoms with Crippen molar-refractivity contribution in [2.45, 2.75) is 19.4 Å². The number of anilines is 1. The Morgan fingerprint density at radius 1 is 1.41 bits per heavy atom. The number of halogens is 2. The number of nitrogens with one attached hydrogen (secondary N) is 1. The minimum absolute atomic E-state index is 0.191. The molecule has 1 nitrogen and oxygen atoms in total. The highest BCUT2D eigenvalue weighted by molar-refractivity contribution is 14.1. The zero-order chi connectivity index (χ0) is 12.3. The van der Waals surface area contributed by atoms with Gasteiger partial charge in [-0.25, -0.2) is 4.39 Å². The molecule has 17 heavy (non-hydrogen) atoms. The molecule has 90 valence electrons. The highest BCUT2D eigenvalue weighted by Crippen LogP contribution is 2.28. The zero-order valence-electron chi connectivity index (χ0n) is 9.41. The number of hydrogen-bond donors (Lipinski definition) is 1. The van der Waals surface area contributed by atoms with E-state index in [-0.39, 0.29) is 5.82 Å². The van der Waals surface area contributed by atoms with E-state index in [2.05, 4.69) is 52.3 Å². The lowest BCUT2D eigenvalue weighted by atomic mass is 10.1. The molecule has 2 aromatic rings. The van der Waals surface area contributed by atoms with Crippen LogP contribution in [0.5, 0.6) is 0 Å². The predicted molar refractivity (Wildman–Crippen MR) is 80.1 cm³/mol. The topological polar surface area (TPSA) is 12.0 Å². The molecule has 4 heteroatoms. The van der Waals surface area contributed by atoms with Crippen molar-refractivity contribution in [2.24, 2.45) is 0 Å². The lowest BCUT2D eigenvalue weighted by molar-refractivity contribution is 0.626. The largest absolute Gasteiger partial charge is 0.377 e. The van der Waals surface area contributed by atoms with Gasteiger partial charge in [-0.05, 0) is 58.7 Å². The van der Waals surface area contributed by atoms with E-state index in [1.165, 1.54) is 10.9 Å². The maximum absolute atomic E-state index is 13.0. The van der Waals surface area contributed by atoms with Gasteiger partial charge in [-0.2, -0.15) is 0 Å². The molecule has 0 aliphatic carbocycles. The predicted octanol–water partition coefficient (Wildman–Crippen LogP) is 5.06. The molecule has 0 aliphatic rings. The summed E-state index contributed by atoms with van der Waals surface area (Å²) < 4.78 is 13.9. The third kappa shape index (κ3) is 3.19. The molecular formula is C13H13FINS. The van der Waals surface area contributed by atoms with Crippen molar-refractivity contribution in [3.8, 4) is 0 Å². The molecule has 0 saturated carbocycles. The SMILES string of the molecule is CCC(Nc1ccc(F)cc1I)c1cccs1. The Morgan fingerprint density at radius 2 is 2.24 bits per heavy atom. The summed E-state index contributed by atoms with van der Waals surface area (Å²) in [4.78, 5) is 1.31. The fraction of sp³-hybridized carbons (Fsp3) is 0.231. The number of thiophene rings is 1. The van der Waals surface area contributed by atoms with E-state index in [9.17, 15) is 4.39 Å². The molecule has 1 unspecified atom stereocenters. The molecule has 1 heterocycles. The van der Waals surface area contributed by atoms with Crippen molar-refractivity contribution in [3.63, 3.8) is 0 Å². The molecule has 0 radical (unpaired) electrons. The van der Waals surface area contributed by atoms with Gasteiger partial charge in [0.15, 0.2) is 0 Å². The summed E-state index contributed by atoms with van der Waals surface area (Å²) >= 11 is 3.90. The molecule has 0 saturated heterocycles. The van der Waals surface area contributed by atoms with Crippen LogP contribution in [0, 0.1) is 9.39 Å². The molecule has 0 amide bonds. The van der Waals surface area contributed by atoms with E-state index >= 15 is 0 Å². The first-order valence-electron chi connectivity index (χ1n) is 5.45. The highest BCUT2D eigenvalue weighted by Gasteiger charge is 2.11. The van der Waals surface area contributed by atoms with Gasteiger partial charge in [0.25, 0.3) is 0 Å². The van der Waals surface area contributed by atoms with Crippen molar-refractivity contribution >= 4 is 39.6 Å². The molecule has 0 bridgehead atoms. The van der Waals surface area contributed by atoms with E-state index in [1.807, 2.05) is 0 Å². The molecule has 0 aliphatic heterocycles. The third-order valence-corrected chi connectivity index (χ3v) is 4.43. The summed E-state index contributed by atoms with van der Waals surface area (Å²) in [6, 6.07) is 9.32. The minimum Gasteiger partial charge on any atom is -0.377 e. The Hall–Kier alpha value is -0.620. The second-order valence-electron chi connectivity index (χ2n) is 3.74. The van der Waals surface area contributed by atoms with Crippen LogP contribution in [0.3, 0.4) is 0 Å². The summed E-state index contributed by atoms with van der Waals surface area (Å²) in [5.41, 5.74) is 0.993. The standard InChI is InChI=1S/C13H13FINS/c1-2-11(13-4-3-7-17-13)16-12-6-5-9(14)8-10(12)15/h3-8,11,16H,2H2,1H3. The van der Waals surface area contributed by atoms with Crippen molar-refractivity contribution < 1.29 is 4.39 Å². The first kappa shape index (κ1) is 12.8. The Morgan fingerprint density at radius 3 is 2.82 bits per heavy atom. The van der Waals surface area contributed by atoms with Crippen LogP contribution < -0.4 is 5.32 Å². The molecule has 1 aromatic carbocycles. The highest BCUT2D eigenvalue weighted by atomic mass is 127. The lowest BCUT2D eigenvalue weighted by Gasteiger charge is -2.18. The first-order valence-corrected chi connectivity index (χ1v) is 7.41. The van der Waals surface area contributed by atoms with E-state index < -0.39 is 0 Å². The zero-order valence-corrected chi connectivity index (χ0v) is 12.4. The van der Waals surface area contributed by atoms with E-state index in [0.717, 1.165) is 15.7 Å². The van der Waals surface area contributed by atoms with Crippen molar-refractivity contribution in [3.05, 3.63) is 50.0 Å². The van der Waals surface area contributed by atoms with Crippen LogP contribution in [0.1, 0.15) is 24.3 Å². The molecule has 2 rings (SSSR count). The fourth-order valence-electron chi connectivity index (χ4n) is 1.66. The Bertz CT molecular complexity index is 484. The van der Waals surface area contributed by atoms with Crippen LogP contribution in [-0.4, -0.2) is 0 Å². The summed E-state index contributed by atoms with van der Waals surface area (Å²) in [6.45, 7) is 2.15. The summed E-state index contributed by atoms with van der Waals surface area (Å²) in [5, 5.41) is 5.54. The smallest absolute Gasteiger partial charge is 0.124 e. The number of rotatable bonds is 4.